The van der Waals surface area contributed by atoms with E-state index in [2.05, 4.69) is 4.74 Å². The SMILES string of the molecule is COC(=O)c1ccc(Cl)cc1S(=O)(=O)N1CCCCC1C(=O)O. The summed E-state index contributed by atoms with van der Waals surface area (Å²) in [5.41, 5.74) is -0.174. The lowest BCUT2D eigenvalue weighted by atomic mass is 10.1. The highest BCUT2D eigenvalue weighted by Gasteiger charge is 2.39. The molecule has 1 aromatic carbocycles. The van der Waals surface area contributed by atoms with Gasteiger partial charge < -0.3 is 9.84 Å². The lowest BCUT2D eigenvalue weighted by molar-refractivity contribution is -0.142. The highest BCUT2D eigenvalue weighted by molar-refractivity contribution is 7.89. The molecule has 1 heterocycles. The van der Waals surface area contributed by atoms with Crippen LogP contribution in [0.5, 0.6) is 0 Å². The predicted molar refractivity (Wildman–Crippen MR) is 82.0 cm³/mol. The minimum atomic E-state index is -4.20. The molecule has 0 amide bonds. The Morgan fingerprint density at radius 2 is 2.04 bits per heavy atom. The normalized spacial score (nSPS) is 19.3. The standard InChI is InChI=1S/C14H16ClNO6S/c1-22-14(19)10-6-5-9(15)8-12(10)23(20,21)16-7-3-2-4-11(16)13(17)18/h5-6,8,11H,2-4,7H2,1H3,(H,17,18). The minimum Gasteiger partial charge on any atom is -0.480 e. The van der Waals surface area contributed by atoms with E-state index in [1.54, 1.807) is 0 Å². The topological polar surface area (TPSA) is 101 Å². The molecule has 0 radical (unpaired) electrons. The van der Waals surface area contributed by atoms with Crippen LogP contribution in [0.3, 0.4) is 0 Å². The molecule has 1 fully saturated rings. The van der Waals surface area contributed by atoms with E-state index in [9.17, 15) is 23.1 Å². The Hall–Kier alpha value is -1.64. The summed E-state index contributed by atoms with van der Waals surface area (Å²) in [6.45, 7) is 0.0758. The molecule has 1 N–H and O–H groups in total. The lowest BCUT2D eigenvalue weighted by Gasteiger charge is -2.32. The molecule has 1 saturated heterocycles. The molecular weight excluding hydrogens is 346 g/mol. The van der Waals surface area contributed by atoms with Crippen molar-refractivity contribution in [3.05, 3.63) is 28.8 Å². The number of rotatable bonds is 4. The van der Waals surface area contributed by atoms with Gasteiger partial charge in [-0.1, -0.05) is 11.6 Å². The molecule has 1 unspecified atom stereocenters. The van der Waals surface area contributed by atoms with Gasteiger partial charge in [0.15, 0.2) is 0 Å². The van der Waals surface area contributed by atoms with Crippen molar-refractivity contribution in [3.63, 3.8) is 0 Å². The monoisotopic (exact) mass is 361 g/mol. The van der Waals surface area contributed by atoms with Crippen LogP contribution >= 0.6 is 11.6 Å². The number of piperidine rings is 1. The maximum atomic E-state index is 12.9. The first-order valence-corrected chi connectivity index (χ1v) is 8.73. The van der Waals surface area contributed by atoms with E-state index in [-0.39, 0.29) is 28.4 Å². The van der Waals surface area contributed by atoms with Crippen LogP contribution in [0.15, 0.2) is 23.1 Å². The van der Waals surface area contributed by atoms with Crippen LogP contribution in [0, 0.1) is 0 Å². The lowest BCUT2D eigenvalue weighted by Crippen LogP contribution is -2.48. The summed E-state index contributed by atoms with van der Waals surface area (Å²) in [5.74, 6) is -2.04. The number of carboxylic acid groups (broad SMARTS) is 1. The zero-order chi connectivity index (χ0) is 17.2. The maximum Gasteiger partial charge on any atom is 0.339 e. The summed E-state index contributed by atoms with van der Waals surface area (Å²) >= 11 is 5.86. The van der Waals surface area contributed by atoms with Gasteiger partial charge in [0.05, 0.1) is 17.6 Å². The predicted octanol–water partition coefficient (Wildman–Crippen LogP) is 1.75. The van der Waals surface area contributed by atoms with E-state index in [1.165, 1.54) is 12.1 Å². The quantitative estimate of drug-likeness (QED) is 0.820. The molecule has 0 spiro atoms. The molecule has 0 bridgehead atoms. The van der Waals surface area contributed by atoms with Crippen molar-refractivity contribution in [3.8, 4) is 0 Å². The van der Waals surface area contributed by atoms with E-state index < -0.39 is 28.0 Å². The Kier molecular flexibility index (Phi) is 5.28. The Bertz CT molecular complexity index is 733. The Morgan fingerprint density at radius 1 is 1.35 bits per heavy atom. The number of aliphatic carboxylic acids is 1. The molecule has 9 heteroatoms. The number of ether oxygens (including phenoxy) is 1. The number of hydrogen-bond acceptors (Lipinski definition) is 5. The van der Waals surface area contributed by atoms with Crippen LogP contribution < -0.4 is 0 Å². The van der Waals surface area contributed by atoms with Crippen molar-refractivity contribution in [1.82, 2.24) is 4.31 Å². The molecular formula is C14H16ClNO6S. The van der Waals surface area contributed by atoms with Gasteiger partial charge in [-0.05, 0) is 37.5 Å². The summed E-state index contributed by atoms with van der Waals surface area (Å²) < 4.78 is 31.3. The third kappa shape index (κ3) is 3.49. The Labute approximate surface area is 138 Å². The van der Waals surface area contributed by atoms with Gasteiger partial charge in [0.25, 0.3) is 0 Å². The van der Waals surface area contributed by atoms with Crippen molar-refractivity contribution in [2.75, 3.05) is 13.7 Å². The zero-order valence-electron chi connectivity index (χ0n) is 12.4. The van der Waals surface area contributed by atoms with Crippen LogP contribution in [-0.2, 0) is 19.6 Å². The molecule has 23 heavy (non-hydrogen) atoms. The van der Waals surface area contributed by atoms with Gasteiger partial charge in [-0.3, -0.25) is 4.79 Å². The maximum absolute atomic E-state index is 12.9. The first-order valence-electron chi connectivity index (χ1n) is 6.91. The molecule has 1 aliphatic heterocycles. The average Bonchev–Trinajstić information content (AvgIpc) is 2.54. The van der Waals surface area contributed by atoms with Crippen LogP contribution in [0.4, 0.5) is 0 Å². The number of hydrogen-bond donors (Lipinski definition) is 1. The number of carbonyl (C=O) groups is 2. The van der Waals surface area contributed by atoms with Gasteiger partial charge >= 0.3 is 11.9 Å². The van der Waals surface area contributed by atoms with E-state index in [0.29, 0.717) is 12.8 Å². The van der Waals surface area contributed by atoms with Crippen molar-refractivity contribution in [2.45, 2.75) is 30.2 Å². The van der Waals surface area contributed by atoms with E-state index in [1.807, 2.05) is 0 Å². The van der Waals surface area contributed by atoms with Gasteiger partial charge in [-0.15, -0.1) is 0 Å². The molecule has 0 saturated carbocycles. The summed E-state index contributed by atoms with van der Waals surface area (Å²) in [6, 6.07) is 2.60. The highest BCUT2D eigenvalue weighted by atomic mass is 35.5. The van der Waals surface area contributed by atoms with Crippen LogP contribution in [0.1, 0.15) is 29.6 Å². The molecule has 1 atom stereocenters. The fraction of sp³-hybridized carbons (Fsp3) is 0.429. The summed E-state index contributed by atoms with van der Waals surface area (Å²) in [4.78, 5) is 22.8. The number of benzene rings is 1. The Morgan fingerprint density at radius 3 is 2.65 bits per heavy atom. The second-order valence-corrected chi connectivity index (χ2v) is 7.39. The number of esters is 1. The van der Waals surface area contributed by atoms with Crippen LogP contribution in [0.25, 0.3) is 0 Å². The first-order chi connectivity index (χ1) is 10.8. The molecule has 126 valence electrons. The number of sulfonamides is 1. The van der Waals surface area contributed by atoms with Gasteiger partial charge in [0.1, 0.15) is 6.04 Å². The van der Waals surface area contributed by atoms with Crippen LogP contribution in [-0.4, -0.2) is 49.5 Å². The fourth-order valence-corrected chi connectivity index (χ4v) is 4.65. The number of halogens is 1. The first kappa shape index (κ1) is 17.7. The minimum absolute atomic E-state index is 0.0758. The van der Waals surface area contributed by atoms with E-state index in [4.69, 9.17) is 11.6 Å². The van der Waals surface area contributed by atoms with Gasteiger partial charge in [-0.2, -0.15) is 4.31 Å². The number of nitrogens with zero attached hydrogens (tertiary/aromatic N) is 1. The van der Waals surface area contributed by atoms with Crippen molar-refractivity contribution < 1.29 is 27.9 Å². The van der Waals surface area contributed by atoms with Crippen LogP contribution in [0.2, 0.25) is 5.02 Å². The average molecular weight is 362 g/mol. The fourth-order valence-electron chi connectivity index (χ4n) is 2.55. The zero-order valence-corrected chi connectivity index (χ0v) is 13.9. The molecule has 7 nitrogen and oxygen atoms in total. The molecule has 1 aliphatic rings. The van der Waals surface area contributed by atoms with Crippen molar-refractivity contribution in [2.24, 2.45) is 0 Å². The number of carbonyl (C=O) groups excluding carboxylic acids is 1. The third-order valence-corrected chi connectivity index (χ3v) is 5.86. The van der Waals surface area contributed by atoms with Gasteiger partial charge in [-0.25, -0.2) is 13.2 Å². The van der Waals surface area contributed by atoms with Gasteiger partial charge in [0.2, 0.25) is 10.0 Å². The number of methoxy groups -OCH3 is 1. The second kappa shape index (κ2) is 6.86. The Balaban J connectivity index is 2.56. The summed E-state index contributed by atoms with van der Waals surface area (Å²) in [6.07, 6.45) is 1.40. The second-order valence-electron chi connectivity index (χ2n) is 5.10. The van der Waals surface area contributed by atoms with E-state index in [0.717, 1.165) is 17.5 Å². The largest absolute Gasteiger partial charge is 0.480 e. The smallest absolute Gasteiger partial charge is 0.339 e. The van der Waals surface area contributed by atoms with E-state index >= 15 is 0 Å². The third-order valence-electron chi connectivity index (χ3n) is 3.67. The number of carboxylic acids is 1. The van der Waals surface area contributed by atoms with Gasteiger partial charge in [0, 0.05) is 11.6 Å². The molecule has 0 aliphatic carbocycles. The molecule has 2 rings (SSSR count). The van der Waals surface area contributed by atoms with Crippen molar-refractivity contribution in [1.29, 1.82) is 0 Å². The van der Waals surface area contributed by atoms with Crippen molar-refractivity contribution >= 4 is 33.6 Å². The molecule has 0 aromatic heterocycles. The summed E-state index contributed by atoms with van der Waals surface area (Å²) in [5, 5.41) is 9.40. The summed E-state index contributed by atoms with van der Waals surface area (Å²) in [7, 11) is -3.06. The molecule has 1 aromatic rings. The highest BCUT2D eigenvalue weighted by Crippen LogP contribution is 2.29.